The van der Waals surface area contributed by atoms with Gasteiger partial charge in [-0.05, 0) is 49.1 Å². The van der Waals surface area contributed by atoms with E-state index in [1.165, 1.54) is 25.7 Å². The van der Waals surface area contributed by atoms with Gasteiger partial charge in [0.2, 0.25) is 0 Å². The van der Waals surface area contributed by atoms with E-state index in [0.717, 1.165) is 0 Å². The molecule has 0 atom stereocenters. The third-order valence-corrected chi connectivity index (χ3v) is 4.16. The number of nitrogens with one attached hydrogen (secondary N) is 2. The summed E-state index contributed by atoms with van der Waals surface area (Å²) >= 11 is 0. The summed E-state index contributed by atoms with van der Waals surface area (Å²) < 4.78 is 0. The van der Waals surface area contributed by atoms with Crippen LogP contribution in [-0.4, -0.2) is 23.1 Å². The van der Waals surface area contributed by atoms with E-state index >= 15 is 0 Å². The van der Waals surface area contributed by atoms with Crippen LogP contribution < -0.4 is 10.6 Å². The molecule has 0 aliphatic heterocycles. The third-order valence-electron chi connectivity index (χ3n) is 4.16. The summed E-state index contributed by atoms with van der Waals surface area (Å²) in [6.45, 7) is 0. The largest absolute Gasteiger partial charge is 0.481 e. The number of carbonyl (C=O) groups excluding carboxylic acids is 1. The zero-order valence-corrected chi connectivity index (χ0v) is 11.8. The van der Waals surface area contributed by atoms with Crippen LogP contribution in [0.15, 0.2) is 24.3 Å². The first-order valence-corrected chi connectivity index (χ1v) is 7.50. The molecule has 0 unspecified atom stereocenters. The number of urea groups is 1. The van der Waals surface area contributed by atoms with Gasteiger partial charge in [0.15, 0.2) is 0 Å². The second-order valence-corrected chi connectivity index (χ2v) is 6.03. The van der Waals surface area contributed by atoms with Gasteiger partial charge in [-0.3, -0.25) is 4.79 Å². The quantitative estimate of drug-likeness (QED) is 0.753. The van der Waals surface area contributed by atoms with Gasteiger partial charge in [-0.15, -0.1) is 0 Å². The lowest BCUT2D eigenvalue weighted by Crippen LogP contribution is -2.40. The number of benzene rings is 1. The van der Waals surface area contributed by atoms with E-state index in [-0.39, 0.29) is 18.5 Å². The molecular weight excluding hydrogens is 268 g/mol. The fourth-order valence-corrected chi connectivity index (χ4v) is 2.80. The highest BCUT2D eigenvalue weighted by atomic mass is 16.4. The molecule has 1 aromatic carbocycles. The smallest absolute Gasteiger partial charge is 0.319 e. The van der Waals surface area contributed by atoms with E-state index in [0.29, 0.717) is 23.1 Å². The average Bonchev–Trinajstić information content (AvgIpc) is 3.30. The molecule has 5 heteroatoms. The maximum Gasteiger partial charge on any atom is 0.319 e. The van der Waals surface area contributed by atoms with Crippen LogP contribution >= 0.6 is 0 Å². The summed E-state index contributed by atoms with van der Waals surface area (Å²) in [6, 6.07) is 7.09. The van der Waals surface area contributed by atoms with Crippen LogP contribution in [0, 0.1) is 11.8 Å². The van der Waals surface area contributed by atoms with E-state index in [2.05, 4.69) is 10.6 Å². The van der Waals surface area contributed by atoms with Crippen molar-refractivity contribution < 1.29 is 14.7 Å². The van der Waals surface area contributed by atoms with Crippen molar-refractivity contribution in [2.75, 3.05) is 5.32 Å². The molecule has 112 valence electrons. The molecule has 2 fully saturated rings. The number of aliphatic carboxylic acids is 1. The van der Waals surface area contributed by atoms with Crippen LogP contribution in [-0.2, 0) is 11.2 Å². The molecule has 3 N–H and O–H groups in total. The summed E-state index contributed by atoms with van der Waals surface area (Å²) in [5.74, 6) is 0.369. The van der Waals surface area contributed by atoms with E-state index in [9.17, 15) is 9.59 Å². The highest BCUT2D eigenvalue weighted by Gasteiger charge is 2.42. The molecule has 2 amide bonds. The first kappa shape index (κ1) is 13.9. The van der Waals surface area contributed by atoms with Gasteiger partial charge in [-0.25, -0.2) is 4.79 Å². The Bertz CT molecular complexity index is 538. The number of carboxylic acids is 1. The van der Waals surface area contributed by atoms with Gasteiger partial charge < -0.3 is 15.7 Å². The number of hydrogen-bond donors (Lipinski definition) is 3. The first-order valence-electron chi connectivity index (χ1n) is 7.50. The van der Waals surface area contributed by atoms with Crippen LogP contribution in [0.5, 0.6) is 0 Å². The van der Waals surface area contributed by atoms with Gasteiger partial charge in [0.25, 0.3) is 0 Å². The number of amides is 2. The highest BCUT2D eigenvalue weighted by Crippen LogP contribution is 2.44. The minimum Gasteiger partial charge on any atom is -0.481 e. The first-order chi connectivity index (χ1) is 10.1. The van der Waals surface area contributed by atoms with Gasteiger partial charge >= 0.3 is 12.0 Å². The topological polar surface area (TPSA) is 78.4 Å². The Morgan fingerprint density at radius 3 is 2.33 bits per heavy atom. The minimum atomic E-state index is -0.904. The summed E-state index contributed by atoms with van der Waals surface area (Å²) in [6.07, 6.45) is 4.73. The van der Waals surface area contributed by atoms with Gasteiger partial charge in [0.1, 0.15) is 0 Å². The molecule has 0 saturated heterocycles. The molecule has 0 spiro atoms. The minimum absolute atomic E-state index is 0.0921. The Morgan fingerprint density at radius 2 is 1.76 bits per heavy atom. The maximum atomic E-state index is 12.2. The molecule has 2 aliphatic rings. The van der Waals surface area contributed by atoms with Crippen LogP contribution in [0.2, 0.25) is 0 Å². The van der Waals surface area contributed by atoms with Crippen LogP contribution in [0.1, 0.15) is 31.2 Å². The molecule has 21 heavy (non-hydrogen) atoms. The lowest BCUT2D eigenvalue weighted by atomic mass is 10.1. The molecule has 0 bridgehead atoms. The van der Waals surface area contributed by atoms with Crippen molar-refractivity contribution in [2.24, 2.45) is 11.8 Å². The number of carboxylic acid groups (broad SMARTS) is 1. The van der Waals surface area contributed by atoms with Crippen molar-refractivity contribution in [1.29, 1.82) is 0 Å². The van der Waals surface area contributed by atoms with Crippen molar-refractivity contribution in [3.05, 3.63) is 29.8 Å². The van der Waals surface area contributed by atoms with Gasteiger partial charge in [0.05, 0.1) is 6.42 Å². The van der Waals surface area contributed by atoms with Gasteiger partial charge in [-0.1, -0.05) is 18.2 Å². The average molecular weight is 288 g/mol. The van der Waals surface area contributed by atoms with Gasteiger partial charge in [-0.2, -0.15) is 0 Å². The predicted molar refractivity (Wildman–Crippen MR) is 79.2 cm³/mol. The number of para-hydroxylation sites is 1. The lowest BCUT2D eigenvalue weighted by Gasteiger charge is -2.19. The van der Waals surface area contributed by atoms with E-state index in [1.807, 2.05) is 0 Å². The Kier molecular flexibility index (Phi) is 3.82. The highest BCUT2D eigenvalue weighted by molar-refractivity contribution is 5.91. The molecular formula is C16H20N2O3. The maximum absolute atomic E-state index is 12.2. The predicted octanol–water partition coefficient (Wildman–Crippen LogP) is 2.62. The van der Waals surface area contributed by atoms with Crippen LogP contribution in [0.25, 0.3) is 0 Å². The molecule has 1 aromatic rings. The Hall–Kier alpha value is -2.04. The van der Waals surface area contributed by atoms with E-state index < -0.39 is 5.97 Å². The molecule has 3 rings (SSSR count). The number of rotatable bonds is 6. The summed E-state index contributed by atoms with van der Waals surface area (Å²) in [5.41, 5.74) is 1.19. The van der Waals surface area contributed by atoms with Crippen molar-refractivity contribution >= 4 is 17.7 Å². The molecule has 2 saturated carbocycles. The number of hydrogen-bond acceptors (Lipinski definition) is 2. The van der Waals surface area contributed by atoms with Crippen molar-refractivity contribution in [2.45, 2.75) is 38.1 Å². The molecule has 0 radical (unpaired) electrons. The molecule has 2 aliphatic carbocycles. The normalized spacial score (nSPS) is 17.6. The monoisotopic (exact) mass is 288 g/mol. The van der Waals surface area contributed by atoms with Crippen molar-refractivity contribution in [3.8, 4) is 0 Å². The zero-order valence-electron chi connectivity index (χ0n) is 11.8. The van der Waals surface area contributed by atoms with Crippen LogP contribution in [0.3, 0.4) is 0 Å². The lowest BCUT2D eigenvalue weighted by molar-refractivity contribution is -0.136. The van der Waals surface area contributed by atoms with Crippen molar-refractivity contribution in [3.63, 3.8) is 0 Å². The second kappa shape index (κ2) is 5.76. The summed E-state index contributed by atoms with van der Waals surface area (Å²) in [4.78, 5) is 23.0. The Labute approximate surface area is 123 Å². The van der Waals surface area contributed by atoms with Crippen LogP contribution in [0.4, 0.5) is 10.5 Å². The van der Waals surface area contributed by atoms with Gasteiger partial charge in [0, 0.05) is 11.7 Å². The Morgan fingerprint density at radius 1 is 1.14 bits per heavy atom. The molecule has 0 aromatic heterocycles. The second-order valence-electron chi connectivity index (χ2n) is 6.03. The summed E-state index contributed by atoms with van der Waals surface area (Å²) in [5, 5.41) is 14.8. The SMILES string of the molecule is O=C(O)Cc1ccccc1NC(=O)NC(C1CC1)C1CC1. The van der Waals surface area contributed by atoms with Crippen molar-refractivity contribution in [1.82, 2.24) is 5.32 Å². The molecule has 5 nitrogen and oxygen atoms in total. The fourth-order valence-electron chi connectivity index (χ4n) is 2.80. The number of anilines is 1. The van der Waals surface area contributed by atoms with E-state index in [4.69, 9.17) is 5.11 Å². The Balaban J connectivity index is 1.62. The third kappa shape index (κ3) is 3.74. The zero-order chi connectivity index (χ0) is 14.8. The summed E-state index contributed by atoms with van der Waals surface area (Å²) in [7, 11) is 0. The molecule has 0 heterocycles. The standard InChI is InChI=1S/C16H20N2O3/c19-14(20)9-12-3-1-2-4-13(12)17-16(21)18-15(10-5-6-10)11-7-8-11/h1-4,10-11,15H,5-9H2,(H,19,20)(H2,17,18,21). The van der Waals surface area contributed by atoms with E-state index in [1.54, 1.807) is 24.3 Å². The number of carbonyl (C=O) groups is 2. The fraction of sp³-hybridized carbons (Fsp3) is 0.500.